The van der Waals surface area contributed by atoms with Crippen molar-refractivity contribution < 1.29 is 14.3 Å². The van der Waals surface area contributed by atoms with Crippen LogP contribution in [0.5, 0.6) is 11.5 Å². The van der Waals surface area contributed by atoms with E-state index < -0.39 is 0 Å². The molecule has 0 bridgehead atoms. The molecule has 1 aromatic heterocycles. The van der Waals surface area contributed by atoms with E-state index in [0.717, 1.165) is 36.6 Å². The Morgan fingerprint density at radius 1 is 1.14 bits per heavy atom. The molecular formula is C21H28N4O3. The van der Waals surface area contributed by atoms with Crippen molar-refractivity contribution in [1.82, 2.24) is 14.9 Å². The van der Waals surface area contributed by atoms with Crippen molar-refractivity contribution in [2.24, 2.45) is 0 Å². The highest BCUT2D eigenvalue weighted by molar-refractivity contribution is 5.95. The van der Waals surface area contributed by atoms with E-state index in [2.05, 4.69) is 22.2 Å². The third-order valence-corrected chi connectivity index (χ3v) is 5.02. The van der Waals surface area contributed by atoms with Gasteiger partial charge >= 0.3 is 0 Å². The zero-order valence-electron chi connectivity index (χ0n) is 17.0. The zero-order valence-corrected chi connectivity index (χ0v) is 17.0. The number of carbonyl (C=O) groups is 1. The summed E-state index contributed by atoms with van der Waals surface area (Å²) in [6.07, 6.45) is 2.64. The quantitative estimate of drug-likeness (QED) is 0.825. The number of anilines is 1. The van der Waals surface area contributed by atoms with Gasteiger partial charge in [0, 0.05) is 36.5 Å². The monoisotopic (exact) mass is 384 g/mol. The number of amides is 1. The summed E-state index contributed by atoms with van der Waals surface area (Å²) in [5.74, 6) is 2.85. The van der Waals surface area contributed by atoms with Gasteiger partial charge in [-0.25, -0.2) is 9.97 Å². The second kappa shape index (κ2) is 8.91. The van der Waals surface area contributed by atoms with E-state index in [1.165, 1.54) is 0 Å². The van der Waals surface area contributed by atoms with Crippen LogP contribution in [-0.4, -0.2) is 54.1 Å². The van der Waals surface area contributed by atoms with Crippen LogP contribution in [0.25, 0.3) is 0 Å². The number of nitrogens with one attached hydrogen (secondary N) is 1. The van der Waals surface area contributed by atoms with Gasteiger partial charge in [0.25, 0.3) is 5.91 Å². The molecule has 7 nitrogen and oxygen atoms in total. The Morgan fingerprint density at radius 3 is 2.50 bits per heavy atom. The molecule has 2 heterocycles. The molecule has 1 aliphatic rings. The first-order valence-electron chi connectivity index (χ1n) is 9.66. The van der Waals surface area contributed by atoms with Gasteiger partial charge in [0.05, 0.1) is 14.2 Å². The van der Waals surface area contributed by atoms with Crippen LogP contribution in [0.3, 0.4) is 0 Å². The molecule has 0 spiro atoms. The van der Waals surface area contributed by atoms with Gasteiger partial charge in [0.15, 0.2) is 11.5 Å². The minimum atomic E-state index is 0.0190. The molecule has 1 aromatic carbocycles. The number of benzene rings is 1. The maximum absolute atomic E-state index is 12.8. The van der Waals surface area contributed by atoms with Gasteiger partial charge in [0.2, 0.25) is 0 Å². The SMILES string of the molecule is CCc1cc(NC2CCN(C(=O)c3ccc(OC)c(OC)c3)CC2)nc(C)n1. The number of hydrogen-bond donors (Lipinski definition) is 1. The molecule has 28 heavy (non-hydrogen) atoms. The molecular weight excluding hydrogens is 356 g/mol. The van der Waals surface area contributed by atoms with E-state index in [0.29, 0.717) is 36.2 Å². The summed E-state index contributed by atoms with van der Waals surface area (Å²) in [6.45, 7) is 5.41. The van der Waals surface area contributed by atoms with E-state index in [1.54, 1.807) is 32.4 Å². The second-order valence-electron chi connectivity index (χ2n) is 6.93. The molecule has 1 saturated heterocycles. The normalized spacial score (nSPS) is 14.6. The van der Waals surface area contributed by atoms with E-state index in [-0.39, 0.29) is 5.91 Å². The van der Waals surface area contributed by atoms with Crippen molar-refractivity contribution in [2.75, 3.05) is 32.6 Å². The van der Waals surface area contributed by atoms with Crippen molar-refractivity contribution in [2.45, 2.75) is 39.2 Å². The van der Waals surface area contributed by atoms with Crippen LogP contribution >= 0.6 is 0 Å². The number of aromatic nitrogens is 2. The third kappa shape index (κ3) is 4.52. The Labute approximate surface area is 166 Å². The van der Waals surface area contributed by atoms with Crippen molar-refractivity contribution in [3.8, 4) is 11.5 Å². The van der Waals surface area contributed by atoms with E-state index in [1.807, 2.05) is 17.9 Å². The molecule has 3 rings (SSSR count). The summed E-state index contributed by atoms with van der Waals surface area (Å²) >= 11 is 0. The van der Waals surface area contributed by atoms with Crippen LogP contribution in [0.1, 0.15) is 41.6 Å². The Kier molecular flexibility index (Phi) is 6.34. The van der Waals surface area contributed by atoms with E-state index >= 15 is 0 Å². The summed E-state index contributed by atoms with van der Waals surface area (Å²) in [7, 11) is 3.15. The Balaban J connectivity index is 1.60. The molecule has 2 aromatic rings. The largest absolute Gasteiger partial charge is 0.493 e. The molecule has 1 aliphatic heterocycles. The van der Waals surface area contributed by atoms with Crippen LogP contribution in [-0.2, 0) is 6.42 Å². The van der Waals surface area contributed by atoms with E-state index in [9.17, 15) is 4.79 Å². The number of likely N-dealkylation sites (tertiary alicyclic amines) is 1. The number of rotatable bonds is 6. The molecule has 0 unspecified atom stereocenters. The van der Waals surface area contributed by atoms with Crippen molar-refractivity contribution in [1.29, 1.82) is 0 Å². The van der Waals surface area contributed by atoms with Gasteiger partial charge in [-0.2, -0.15) is 0 Å². The van der Waals surface area contributed by atoms with Gasteiger partial charge in [-0.05, 0) is 44.4 Å². The number of aryl methyl sites for hydroxylation is 2. The lowest BCUT2D eigenvalue weighted by Crippen LogP contribution is -2.42. The molecule has 0 saturated carbocycles. The molecule has 0 atom stereocenters. The number of nitrogens with zero attached hydrogens (tertiary/aromatic N) is 3. The highest BCUT2D eigenvalue weighted by Gasteiger charge is 2.24. The first-order chi connectivity index (χ1) is 13.5. The topological polar surface area (TPSA) is 76.6 Å². The van der Waals surface area contributed by atoms with Crippen LogP contribution in [0.4, 0.5) is 5.82 Å². The standard InChI is InChI=1S/C21H28N4O3/c1-5-16-13-20(23-14(2)22-16)24-17-8-10-25(11-9-17)21(26)15-6-7-18(27-3)19(12-15)28-4/h6-7,12-13,17H,5,8-11H2,1-4H3,(H,22,23,24). The molecule has 7 heteroatoms. The maximum atomic E-state index is 12.8. The summed E-state index contributed by atoms with van der Waals surface area (Å²) in [5, 5.41) is 3.50. The maximum Gasteiger partial charge on any atom is 0.253 e. The highest BCUT2D eigenvalue weighted by atomic mass is 16.5. The fraction of sp³-hybridized carbons (Fsp3) is 0.476. The molecule has 1 N–H and O–H groups in total. The van der Waals surface area contributed by atoms with Crippen molar-refractivity contribution in [3.63, 3.8) is 0 Å². The number of carbonyl (C=O) groups excluding carboxylic acids is 1. The van der Waals surface area contributed by atoms with E-state index in [4.69, 9.17) is 9.47 Å². The predicted octanol–water partition coefficient (Wildman–Crippen LogP) is 3.08. The second-order valence-corrected chi connectivity index (χ2v) is 6.93. The Hall–Kier alpha value is -2.83. The molecule has 0 aliphatic carbocycles. The number of hydrogen-bond acceptors (Lipinski definition) is 6. The molecule has 150 valence electrons. The van der Waals surface area contributed by atoms with Crippen molar-refractivity contribution in [3.05, 3.63) is 41.3 Å². The molecule has 0 radical (unpaired) electrons. The first-order valence-corrected chi connectivity index (χ1v) is 9.66. The van der Waals surface area contributed by atoms with Crippen LogP contribution in [0, 0.1) is 6.92 Å². The molecule has 1 amide bonds. The summed E-state index contributed by atoms with van der Waals surface area (Å²) < 4.78 is 10.6. The minimum Gasteiger partial charge on any atom is -0.493 e. The summed E-state index contributed by atoms with van der Waals surface area (Å²) in [5.41, 5.74) is 1.65. The number of ether oxygens (including phenoxy) is 2. The lowest BCUT2D eigenvalue weighted by Gasteiger charge is -2.33. The Bertz CT molecular complexity index is 832. The van der Waals surface area contributed by atoms with Crippen LogP contribution in [0.2, 0.25) is 0 Å². The first kappa shape index (κ1) is 19.9. The van der Waals surface area contributed by atoms with Gasteiger partial charge in [-0.3, -0.25) is 4.79 Å². The van der Waals surface area contributed by atoms with Crippen LogP contribution in [0.15, 0.2) is 24.3 Å². The predicted molar refractivity (Wildman–Crippen MR) is 108 cm³/mol. The molecule has 1 fully saturated rings. The zero-order chi connectivity index (χ0) is 20.1. The minimum absolute atomic E-state index is 0.0190. The summed E-state index contributed by atoms with van der Waals surface area (Å²) in [4.78, 5) is 23.6. The average molecular weight is 384 g/mol. The van der Waals surface area contributed by atoms with Crippen molar-refractivity contribution >= 4 is 11.7 Å². The fourth-order valence-corrected chi connectivity index (χ4v) is 3.47. The Morgan fingerprint density at radius 2 is 1.86 bits per heavy atom. The average Bonchev–Trinajstić information content (AvgIpc) is 2.72. The highest BCUT2D eigenvalue weighted by Crippen LogP contribution is 2.28. The fourth-order valence-electron chi connectivity index (χ4n) is 3.47. The lowest BCUT2D eigenvalue weighted by atomic mass is 10.0. The number of methoxy groups -OCH3 is 2. The van der Waals surface area contributed by atoms with Gasteiger partial charge < -0.3 is 19.7 Å². The van der Waals surface area contributed by atoms with Crippen LogP contribution < -0.4 is 14.8 Å². The van der Waals surface area contributed by atoms with Gasteiger partial charge in [-0.1, -0.05) is 6.92 Å². The van der Waals surface area contributed by atoms with Gasteiger partial charge in [0.1, 0.15) is 11.6 Å². The smallest absolute Gasteiger partial charge is 0.253 e. The summed E-state index contributed by atoms with van der Waals surface area (Å²) in [6, 6.07) is 7.59. The lowest BCUT2D eigenvalue weighted by molar-refractivity contribution is 0.0718. The third-order valence-electron chi connectivity index (χ3n) is 5.02. The number of piperidine rings is 1. The van der Waals surface area contributed by atoms with Gasteiger partial charge in [-0.15, -0.1) is 0 Å².